The molecule has 0 amide bonds. The summed E-state index contributed by atoms with van der Waals surface area (Å²) < 4.78 is 0. The van der Waals surface area contributed by atoms with Crippen LogP contribution < -0.4 is 0 Å². The van der Waals surface area contributed by atoms with Crippen LogP contribution in [0.4, 0.5) is 0 Å². The first-order valence-electron chi connectivity index (χ1n) is 10.6. The van der Waals surface area contributed by atoms with Crippen molar-refractivity contribution in [3.05, 3.63) is 83.9 Å². The molecule has 2 nitrogen and oxygen atoms in total. The van der Waals surface area contributed by atoms with E-state index in [9.17, 15) is 4.79 Å². The van der Waals surface area contributed by atoms with E-state index in [2.05, 4.69) is 53.4 Å². The predicted octanol–water partition coefficient (Wildman–Crippen LogP) is 6.18. The van der Waals surface area contributed by atoms with Gasteiger partial charge in [0.05, 0.1) is 0 Å². The van der Waals surface area contributed by atoms with Crippen LogP contribution in [0.5, 0.6) is 0 Å². The molecule has 0 saturated carbocycles. The van der Waals surface area contributed by atoms with E-state index >= 15 is 0 Å². The first-order valence-corrected chi connectivity index (χ1v) is 10.6. The first-order chi connectivity index (χ1) is 13.8. The summed E-state index contributed by atoms with van der Waals surface area (Å²) in [5.74, 6) is 1.07. The number of carbonyl (C=O) groups is 1. The Morgan fingerprint density at radius 2 is 1.55 bits per heavy atom. The van der Waals surface area contributed by atoms with Gasteiger partial charge in [0.15, 0.2) is 5.78 Å². The summed E-state index contributed by atoms with van der Waals surface area (Å²) in [4.78, 5) is 15.1. The molecule has 0 N–H and O–H groups in total. The number of likely N-dealkylation sites (tertiary alicyclic amines) is 1. The molecular weight excluding hydrogens is 378 g/mol. The monoisotopic (exact) mass is 407 g/mol. The standard InChI is InChI=1S/C26H29NO.ClH/c28-26(25-13-12-23-9-4-5-10-24(23)20-25)11-6-16-27-17-14-22(15-18-27)19-21-7-2-1-3-8-21;/h1-5,7-10,12-13,20,22H,6,11,14-19H2;1H. The zero-order chi connectivity index (χ0) is 19.2. The largest absolute Gasteiger partial charge is 0.303 e. The number of carbonyl (C=O) groups excluding carboxylic acids is 1. The molecule has 29 heavy (non-hydrogen) atoms. The van der Waals surface area contributed by atoms with Crippen LogP contribution in [0.2, 0.25) is 0 Å². The SMILES string of the molecule is Cl.O=C(CCCN1CCC(Cc2ccccc2)CC1)c1ccc2ccccc2c1. The van der Waals surface area contributed by atoms with Gasteiger partial charge in [-0.05, 0) is 73.6 Å². The smallest absolute Gasteiger partial charge is 0.162 e. The molecule has 1 aliphatic heterocycles. The summed E-state index contributed by atoms with van der Waals surface area (Å²) in [6, 6.07) is 25.1. The van der Waals surface area contributed by atoms with Gasteiger partial charge >= 0.3 is 0 Å². The van der Waals surface area contributed by atoms with E-state index in [1.807, 2.05) is 24.3 Å². The Morgan fingerprint density at radius 1 is 0.862 bits per heavy atom. The Morgan fingerprint density at radius 3 is 2.31 bits per heavy atom. The Balaban J connectivity index is 0.00000240. The molecule has 3 heteroatoms. The molecular formula is C26H30ClNO. The molecule has 1 saturated heterocycles. The van der Waals surface area contributed by atoms with Gasteiger partial charge in [-0.25, -0.2) is 0 Å². The lowest BCUT2D eigenvalue weighted by molar-refractivity contribution is 0.0970. The third kappa shape index (κ3) is 5.91. The number of halogens is 1. The van der Waals surface area contributed by atoms with Gasteiger partial charge in [0.2, 0.25) is 0 Å². The highest BCUT2D eigenvalue weighted by Crippen LogP contribution is 2.22. The Labute approximate surface area is 180 Å². The van der Waals surface area contributed by atoms with Gasteiger partial charge in [-0.1, -0.05) is 66.7 Å². The zero-order valence-electron chi connectivity index (χ0n) is 16.9. The molecule has 152 valence electrons. The molecule has 0 radical (unpaired) electrons. The number of nitrogens with zero attached hydrogens (tertiary/aromatic N) is 1. The van der Waals surface area contributed by atoms with Gasteiger partial charge < -0.3 is 4.90 Å². The minimum absolute atomic E-state index is 0. The summed E-state index contributed by atoms with van der Waals surface area (Å²) in [6.45, 7) is 3.38. The third-order valence-corrected chi connectivity index (χ3v) is 6.02. The fraction of sp³-hybridized carbons (Fsp3) is 0.346. The highest BCUT2D eigenvalue weighted by atomic mass is 35.5. The Hall–Kier alpha value is -2.16. The van der Waals surface area contributed by atoms with Crippen LogP contribution in [0, 0.1) is 5.92 Å². The molecule has 3 aromatic carbocycles. The third-order valence-electron chi connectivity index (χ3n) is 6.02. The topological polar surface area (TPSA) is 20.3 Å². The fourth-order valence-electron chi connectivity index (χ4n) is 4.33. The van der Waals surface area contributed by atoms with Crippen molar-refractivity contribution in [2.45, 2.75) is 32.1 Å². The summed E-state index contributed by atoms with van der Waals surface area (Å²) in [7, 11) is 0. The van der Waals surface area contributed by atoms with E-state index in [0.29, 0.717) is 6.42 Å². The van der Waals surface area contributed by atoms with Crippen molar-refractivity contribution in [1.29, 1.82) is 0 Å². The number of fused-ring (bicyclic) bond motifs is 1. The Kier molecular flexibility index (Phi) is 7.85. The number of rotatable bonds is 7. The number of Topliss-reactive ketones (excluding diaryl/α,β-unsaturated/α-hetero) is 1. The van der Waals surface area contributed by atoms with Crippen molar-refractivity contribution in [1.82, 2.24) is 4.90 Å². The molecule has 1 fully saturated rings. The first kappa shape index (κ1) is 21.5. The van der Waals surface area contributed by atoms with Gasteiger partial charge in [-0.2, -0.15) is 0 Å². The number of hydrogen-bond donors (Lipinski definition) is 0. The molecule has 0 atom stereocenters. The van der Waals surface area contributed by atoms with E-state index in [4.69, 9.17) is 0 Å². The van der Waals surface area contributed by atoms with Crippen LogP contribution in [0.3, 0.4) is 0 Å². The second kappa shape index (κ2) is 10.6. The normalized spacial score (nSPS) is 15.2. The second-order valence-electron chi connectivity index (χ2n) is 8.06. The maximum absolute atomic E-state index is 12.6. The molecule has 4 rings (SSSR count). The number of piperidine rings is 1. The van der Waals surface area contributed by atoms with Gasteiger partial charge in [0, 0.05) is 12.0 Å². The zero-order valence-corrected chi connectivity index (χ0v) is 17.7. The van der Waals surface area contributed by atoms with Crippen molar-refractivity contribution in [3.8, 4) is 0 Å². The van der Waals surface area contributed by atoms with Gasteiger partial charge in [-0.15, -0.1) is 12.4 Å². The second-order valence-corrected chi connectivity index (χ2v) is 8.06. The van der Waals surface area contributed by atoms with Crippen LogP contribution >= 0.6 is 12.4 Å². The van der Waals surface area contributed by atoms with E-state index in [0.717, 1.165) is 29.8 Å². The van der Waals surface area contributed by atoms with Crippen molar-refractivity contribution in [2.24, 2.45) is 5.92 Å². The molecule has 0 unspecified atom stereocenters. The van der Waals surface area contributed by atoms with E-state index in [1.54, 1.807) is 0 Å². The van der Waals surface area contributed by atoms with Crippen LogP contribution in [0.25, 0.3) is 10.8 Å². The average Bonchev–Trinajstić information content (AvgIpc) is 2.75. The van der Waals surface area contributed by atoms with E-state index in [1.165, 1.54) is 43.3 Å². The highest BCUT2D eigenvalue weighted by molar-refractivity contribution is 5.99. The highest BCUT2D eigenvalue weighted by Gasteiger charge is 2.19. The maximum Gasteiger partial charge on any atom is 0.162 e. The molecule has 0 aliphatic carbocycles. The van der Waals surface area contributed by atoms with Crippen LogP contribution in [0.1, 0.15) is 41.6 Å². The summed E-state index contributed by atoms with van der Waals surface area (Å²) in [5, 5.41) is 2.34. The molecule has 1 heterocycles. The molecule has 0 aromatic heterocycles. The van der Waals surface area contributed by atoms with E-state index in [-0.39, 0.29) is 18.2 Å². The van der Waals surface area contributed by atoms with E-state index < -0.39 is 0 Å². The summed E-state index contributed by atoms with van der Waals surface area (Å²) in [5.41, 5.74) is 2.31. The lowest BCUT2D eigenvalue weighted by Gasteiger charge is -2.32. The minimum atomic E-state index is 0. The maximum atomic E-state index is 12.6. The minimum Gasteiger partial charge on any atom is -0.303 e. The van der Waals surface area contributed by atoms with Crippen molar-refractivity contribution in [2.75, 3.05) is 19.6 Å². The van der Waals surface area contributed by atoms with Gasteiger partial charge in [0.1, 0.15) is 0 Å². The number of benzene rings is 3. The van der Waals surface area contributed by atoms with Crippen LogP contribution in [0.15, 0.2) is 72.8 Å². The van der Waals surface area contributed by atoms with Crippen molar-refractivity contribution in [3.63, 3.8) is 0 Å². The van der Waals surface area contributed by atoms with Crippen LogP contribution in [-0.4, -0.2) is 30.3 Å². The summed E-state index contributed by atoms with van der Waals surface area (Å²) >= 11 is 0. The molecule has 0 bridgehead atoms. The molecule has 0 spiro atoms. The number of hydrogen-bond acceptors (Lipinski definition) is 2. The molecule has 3 aromatic rings. The van der Waals surface area contributed by atoms with Crippen molar-refractivity contribution >= 4 is 29.0 Å². The fourth-order valence-corrected chi connectivity index (χ4v) is 4.33. The lowest BCUT2D eigenvalue weighted by Crippen LogP contribution is -2.35. The lowest BCUT2D eigenvalue weighted by atomic mass is 9.90. The summed E-state index contributed by atoms with van der Waals surface area (Å²) in [6.07, 6.45) is 5.34. The predicted molar refractivity (Wildman–Crippen MR) is 124 cm³/mol. The molecule has 1 aliphatic rings. The van der Waals surface area contributed by atoms with Crippen LogP contribution in [-0.2, 0) is 6.42 Å². The van der Waals surface area contributed by atoms with Gasteiger partial charge in [0.25, 0.3) is 0 Å². The van der Waals surface area contributed by atoms with Crippen molar-refractivity contribution < 1.29 is 4.79 Å². The quantitative estimate of drug-likeness (QED) is 0.436. The Bertz CT molecular complexity index is 916. The average molecular weight is 408 g/mol. The number of ketones is 1. The van der Waals surface area contributed by atoms with Gasteiger partial charge in [-0.3, -0.25) is 4.79 Å².